The van der Waals surface area contributed by atoms with Crippen LogP contribution in [0.15, 0.2) is 0 Å². The summed E-state index contributed by atoms with van der Waals surface area (Å²) < 4.78 is 5.55. The molecule has 2 aliphatic heterocycles. The monoisotopic (exact) mass is 259 g/mol. The topological polar surface area (TPSA) is 29.5 Å². The number of halogens is 1. The molecule has 0 aromatic carbocycles. The van der Waals surface area contributed by atoms with E-state index in [0.29, 0.717) is 5.92 Å². The summed E-state index contributed by atoms with van der Waals surface area (Å²) in [7, 11) is 0. The normalized spacial score (nSPS) is 29.1. The lowest BCUT2D eigenvalue weighted by molar-refractivity contribution is -0.147. The van der Waals surface area contributed by atoms with Crippen molar-refractivity contribution in [3.8, 4) is 0 Å². The zero-order valence-electron chi connectivity index (χ0n) is 10.5. The largest absolute Gasteiger partial charge is 0.368 e. The Morgan fingerprint density at radius 2 is 2.00 bits per heavy atom. The summed E-state index contributed by atoms with van der Waals surface area (Å²) in [5.74, 6) is 0.762. The molecular formula is C13H22ClNO2. The number of piperidine rings is 1. The molecule has 2 rings (SSSR count). The van der Waals surface area contributed by atoms with Crippen molar-refractivity contribution in [3.05, 3.63) is 0 Å². The molecule has 0 radical (unpaired) electrons. The minimum absolute atomic E-state index is 0.172. The summed E-state index contributed by atoms with van der Waals surface area (Å²) in [6, 6.07) is 0. The molecule has 2 heterocycles. The molecular weight excluding hydrogens is 238 g/mol. The van der Waals surface area contributed by atoms with Gasteiger partial charge < -0.3 is 9.64 Å². The number of carbonyl (C=O) groups is 1. The number of ether oxygens (including phenoxy) is 1. The average Bonchev–Trinajstić information content (AvgIpc) is 2.39. The van der Waals surface area contributed by atoms with Crippen LogP contribution in [0.5, 0.6) is 0 Å². The zero-order chi connectivity index (χ0) is 12.3. The second kappa shape index (κ2) is 6.05. The smallest absolute Gasteiger partial charge is 0.251 e. The number of rotatable bonds is 2. The summed E-state index contributed by atoms with van der Waals surface area (Å²) in [4.78, 5) is 14.2. The first-order valence-electron chi connectivity index (χ1n) is 6.73. The fraction of sp³-hybridized carbons (Fsp3) is 0.923. The van der Waals surface area contributed by atoms with E-state index in [1.165, 1.54) is 0 Å². The van der Waals surface area contributed by atoms with E-state index >= 15 is 0 Å². The molecule has 0 aromatic heterocycles. The summed E-state index contributed by atoms with van der Waals surface area (Å²) >= 11 is 6.10. The van der Waals surface area contributed by atoms with Crippen molar-refractivity contribution >= 4 is 17.5 Å². The third-order valence-electron chi connectivity index (χ3n) is 3.96. The van der Waals surface area contributed by atoms with Gasteiger partial charge >= 0.3 is 0 Å². The van der Waals surface area contributed by atoms with E-state index in [4.69, 9.17) is 16.3 Å². The van der Waals surface area contributed by atoms with E-state index in [9.17, 15) is 4.79 Å². The molecule has 2 saturated heterocycles. The molecule has 17 heavy (non-hydrogen) atoms. The number of hydrogen-bond donors (Lipinski definition) is 0. The summed E-state index contributed by atoms with van der Waals surface area (Å²) in [5, 5.41) is 0.221. The minimum atomic E-state index is -0.172. The Labute approximate surface area is 108 Å². The Hall–Kier alpha value is -0.280. The van der Waals surface area contributed by atoms with Crippen LogP contribution in [0.4, 0.5) is 0 Å². The molecule has 2 atom stereocenters. The van der Waals surface area contributed by atoms with Crippen LogP contribution in [0.25, 0.3) is 0 Å². The van der Waals surface area contributed by atoms with Gasteiger partial charge in [-0.2, -0.15) is 0 Å². The molecule has 3 nitrogen and oxygen atoms in total. The van der Waals surface area contributed by atoms with Crippen LogP contribution in [0.1, 0.15) is 39.0 Å². The molecule has 0 spiro atoms. The van der Waals surface area contributed by atoms with E-state index in [-0.39, 0.29) is 17.4 Å². The maximum Gasteiger partial charge on any atom is 0.251 e. The molecule has 0 aromatic rings. The highest BCUT2D eigenvalue weighted by molar-refractivity contribution is 6.20. The van der Waals surface area contributed by atoms with E-state index in [1.54, 1.807) is 0 Å². The molecule has 4 heteroatoms. The fourth-order valence-electron chi connectivity index (χ4n) is 2.72. The van der Waals surface area contributed by atoms with Crippen molar-refractivity contribution in [2.45, 2.75) is 50.5 Å². The molecule has 98 valence electrons. The highest BCUT2D eigenvalue weighted by Crippen LogP contribution is 2.25. The number of alkyl halides is 1. The summed E-state index contributed by atoms with van der Waals surface area (Å²) in [5.41, 5.74) is 0. The Balaban J connectivity index is 1.81. The lowest BCUT2D eigenvalue weighted by Crippen LogP contribution is -2.46. The zero-order valence-corrected chi connectivity index (χ0v) is 11.3. The van der Waals surface area contributed by atoms with Crippen LogP contribution in [-0.4, -0.2) is 42.0 Å². The fourth-order valence-corrected chi connectivity index (χ4v) is 2.97. The first kappa shape index (κ1) is 13.2. The van der Waals surface area contributed by atoms with Gasteiger partial charge in [0.2, 0.25) is 0 Å². The van der Waals surface area contributed by atoms with Crippen molar-refractivity contribution < 1.29 is 9.53 Å². The first-order chi connectivity index (χ1) is 8.18. The van der Waals surface area contributed by atoms with Crippen molar-refractivity contribution in [3.63, 3.8) is 0 Å². The predicted octanol–water partition coefficient (Wildman–Crippen LogP) is 2.42. The summed E-state index contributed by atoms with van der Waals surface area (Å²) in [6.07, 6.45) is 4.99. The number of carbonyl (C=O) groups excluding carboxylic acids is 1. The standard InChI is InChI=1S/C13H22ClNO2/c1-10(14)11-5-7-15(8-6-11)13(16)12-4-2-3-9-17-12/h10-12H,2-9H2,1H3. The molecule has 0 aliphatic carbocycles. The van der Waals surface area contributed by atoms with Crippen molar-refractivity contribution in [2.75, 3.05) is 19.7 Å². The number of likely N-dealkylation sites (tertiary alicyclic amines) is 1. The van der Waals surface area contributed by atoms with Gasteiger partial charge in [0, 0.05) is 25.1 Å². The van der Waals surface area contributed by atoms with Gasteiger partial charge in [-0.1, -0.05) is 0 Å². The van der Waals surface area contributed by atoms with Gasteiger partial charge in [-0.15, -0.1) is 11.6 Å². The van der Waals surface area contributed by atoms with E-state index in [1.807, 2.05) is 11.8 Å². The maximum atomic E-state index is 12.2. The van der Waals surface area contributed by atoms with Gasteiger partial charge in [-0.3, -0.25) is 4.79 Å². The predicted molar refractivity (Wildman–Crippen MR) is 68.2 cm³/mol. The second-order valence-corrected chi connectivity index (χ2v) is 5.88. The van der Waals surface area contributed by atoms with Crippen LogP contribution >= 0.6 is 11.6 Å². The Morgan fingerprint density at radius 1 is 1.29 bits per heavy atom. The minimum Gasteiger partial charge on any atom is -0.368 e. The van der Waals surface area contributed by atoms with Gasteiger partial charge in [0.25, 0.3) is 5.91 Å². The summed E-state index contributed by atoms with van der Waals surface area (Å²) in [6.45, 7) is 4.49. The van der Waals surface area contributed by atoms with Gasteiger partial charge in [0.1, 0.15) is 6.10 Å². The van der Waals surface area contributed by atoms with Crippen LogP contribution in [0.3, 0.4) is 0 Å². The van der Waals surface area contributed by atoms with E-state index < -0.39 is 0 Å². The van der Waals surface area contributed by atoms with Crippen LogP contribution in [0.2, 0.25) is 0 Å². The number of nitrogens with zero attached hydrogens (tertiary/aromatic N) is 1. The van der Waals surface area contributed by atoms with Gasteiger partial charge in [-0.25, -0.2) is 0 Å². The Kier molecular flexibility index (Phi) is 4.69. The quantitative estimate of drug-likeness (QED) is 0.713. The molecule has 0 N–H and O–H groups in total. The van der Waals surface area contributed by atoms with Crippen LogP contribution in [0, 0.1) is 5.92 Å². The molecule has 0 bridgehead atoms. The number of amides is 1. The SMILES string of the molecule is CC(Cl)C1CCN(C(=O)C2CCCCO2)CC1. The second-order valence-electron chi connectivity index (χ2n) is 5.20. The molecule has 2 unspecified atom stereocenters. The van der Waals surface area contributed by atoms with Crippen LogP contribution < -0.4 is 0 Å². The lowest BCUT2D eigenvalue weighted by atomic mass is 9.93. The third kappa shape index (κ3) is 3.35. The Bertz CT molecular complexity index is 256. The maximum absolute atomic E-state index is 12.2. The molecule has 0 saturated carbocycles. The average molecular weight is 260 g/mol. The van der Waals surface area contributed by atoms with Crippen molar-refractivity contribution in [2.24, 2.45) is 5.92 Å². The lowest BCUT2D eigenvalue weighted by Gasteiger charge is -2.35. The van der Waals surface area contributed by atoms with Gasteiger partial charge in [0.15, 0.2) is 0 Å². The Morgan fingerprint density at radius 3 is 2.53 bits per heavy atom. The highest BCUT2D eigenvalue weighted by atomic mass is 35.5. The van der Waals surface area contributed by atoms with Crippen molar-refractivity contribution in [1.29, 1.82) is 0 Å². The highest BCUT2D eigenvalue weighted by Gasteiger charge is 2.30. The van der Waals surface area contributed by atoms with Gasteiger partial charge in [0.05, 0.1) is 0 Å². The van der Waals surface area contributed by atoms with Crippen molar-refractivity contribution in [1.82, 2.24) is 4.90 Å². The van der Waals surface area contributed by atoms with Gasteiger partial charge in [-0.05, 0) is 44.9 Å². The third-order valence-corrected chi connectivity index (χ3v) is 4.31. The van der Waals surface area contributed by atoms with E-state index in [0.717, 1.165) is 51.8 Å². The molecule has 2 aliphatic rings. The molecule has 1 amide bonds. The first-order valence-corrected chi connectivity index (χ1v) is 7.16. The van der Waals surface area contributed by atoms with Crippen LogP contribution in [-0.2, 0) is 9.53 Å². The number of hydrogen-bond acceptors (Lipinski definition) is 2. The van der Waals surface area contributed by atoms with E-state index in [2.05, 4.69) is 0 Å². The molecule has 2 fully saturated rings.